The zero-order chi connectivity index (χ0) is 17.0. The van der Waals surface area contributed by atoms with Crippen LogP contribution in [-0.2, 0) is 14.9 Å². The first-order valence-corrected chi connectivity index (χ1v) is 8.48. The second kappa shape index (κ2) is 7.13. The van der Waals surface area contributed by atoms with Crippen LogP contribution in [0.5, 0.6) is 0 Å². The van der Waals surface area contributed by atoms with E-state index in [2.05, 4.69) is 38.4 Å². The number of benzene rings is 1. The highest BCUT2D eigenvalue weighted by Gasteiger charge is 2.44. The van der Waals surface area contributed by atoms with Crippen LogP contribution in [0.15, 0.2) is 53.3 Å². The maximum Gasteiger partial charge on any atom is 0.340 e. The molecule has 0 bridgehead atoms. The number of hydrogen-bond donors (Lipinski definition) is 1. The Morgan fingerprint density at radius 3 is 2.62 bits per heavy atom. The predicted molar refractivity (Wildman–Crippen MR) is 92.6 cm³/mol. The molecule has 1 N–H and O–H groups in total. The first-order valence-electron chi connectivity index (χ1n) is 7.69. The molecule has 0 saturated heterocycles. The van der Waals surface area contributed by atoms with E-state index in [9.17, 15) is 9.59 Å². The summed E-state index contributed by atoms with van der Waals surface area (Å²) in [4.78, 5) is 27.7. The lowest BCUT2D eigenvalue weighted by Gasteiger charge is -2.16. The Kier molecular flexibility index (Phi) is 4.94. The third-order valence-corrected chi connectivity index (χ3v) is 4.57. The first-order chi connectivity index (χ1) is 11.6. The third kappa shape index (κ3) is 4.00. The zero-order valence-electron chi connectivity index (χ0n) is 13.0. The Bertz CT molecular complexity index is 745. The molecule has 0 unspecified atom stereocenters. The van der Waals surface area contributed by atoms with Crippen molar-refractivity contribution in [2.24, 2.45) is 0 Å². The molecule has 3 rings (SSSR count). The van der Waals surface area contributed by atoms with Gasteiger partial charge < -0.3 is 10.1 Å². The van der Waals surface area contributed by atoms with Gasteiger partial charge in [0.25, 0.3) is 5.91 Å². The number of halogens is 1. The number of nitrogens with one attached hydrogen (secondary N) is 1. The minimum absolute atomic E-state index is 0.0368. The molecular formula is C18H17BrN2O3. The summed E-state index contributed by atoms with van der Waals surface area (Å²) in [6.45, 7) is 0.266. The van der Waals surface area contributed by atoms with E-state index in [0.717, 1.165) is 12.8 Å². The van der Waals surface area contributed by atoms with E-state index in [0.29, 0.717) is 16.6 Å². The Morgan fingerprint density at radius 2 is 1.96 bits per heavy atom. The van der Waals surface area contributed by atoms with Gasteiger partial charge in [0.1, 0.15) is 0 Å². The highest BCUT2D eigenvalue weighted by Crippen LogP contribution is 2.47. The molecule has 1 aromatic heterocycles. The molecule has 1 heterocycles. The van der Waals surface area contributed by atoms with Crippen molar-refractivity contribution in [2.45, 2.75) is 18.3 Å². The van der Waals surface area contributed by atoms with Crippen molar-refractivity contribution < 1.29 is 14.3 Å². The fourth-order valence-corrected chi connectivity index (χ4v) is 2.93. The van der Waals surface area contributed by atoms with Gasteiger partial charge >= 0.3 is 5.97 Å². The first kappa shape index (κ1) is 16.6. The molecule has 1 aromatic carbocycles. The number of nitrogens with zero attached hydrogens (tertiary/aromatic N) is 1. The van der Waals surface area contributed by atoms with Crippen LogP contribution in [0.1, 0.15) is 28.8 Å². The van der Waals surface area contributed by atoms with Crippen molar-refractivity contribution in [1.82, 2.24) is 10.3 Å². The van der Waals surface area contributed by atoms with Crippen LogP contribution in [0.2, 0.25) is 0 Å². The number of rotatable bonds is 6. The van der Waals surface area contributed by atoms with Gasteiger partial charge in [0.2, 0.25) is 0 Å². The molecule has 1 fully saturated rings. The maximum atomic E-state index is 11.9. The fraction of sp³-hybridized carbons (Fsp3) is 0.278. The normalized spacial score (nSPS) is 14.7. The molecule has 1 aliphatic carbocycles. The number of amides is 1. The topological polar surface area (TPSA) is 68.3 Å². The SMILES string of the molecule is O=C(COC(=O)c1cncc(Br)c1)NCC1(c2ccccc2)CC1. The lowest BCUT2D eigenvalue weighted by Crippen LogP contribution is -2.35. The number of carbonyl (C=O) groups is 2. The molecule has 1 amide bonds. The standard InChI is InChI=1S/C18H17BrN2O3/c19-15-8-13(9-20-10-15)17(23)24-11-16(22)21-12-18(6-7-18)14-4-2-1-3-5-14/h1-5,8-10H,6-7,11-12H2,(H,21,22). The third-order valence-electron chi connectivity index (χ3n) is 4.14. The van der Waals surface area contributed by atoms with Crippen molar-refractivity contribution in [2.75, 3.05) is 13.2 Å². The largest absolute Gasteiger partial charge is 0.452 e. The van der Waals surface area contributed by atoms with Crippen LogP contribution in [0.25, 0.3) is 0 Å². The summed E-state index contributed by atoms with van der Waals surface area (Å²) in [5.41, 5.74) is 1.58. The molecule has 6 heteroatoms. The number of aromatic nitrogens is 1. The Balaban J connectivity index is 1.47. The van der Waals surface area contributed by atoms with Gasteiger partial charge in [-0.1, -0.05) is 30.3 Å². The molecule has 24 heavy (non-hydrogen) atoms. The average molecular weight is 389 g/mol. The van der Waals surface area contributed by atoms with Crippen LogP contribution in [0.4, 0.5) is 0 Å². The predicted octanol–water partition coefficient (Wildman–Crippen LogP) is 2.85. The van der Waals surface area contributed by atoms with Crippen LogP contribution in [-0.4, -0.2) is 30.0 Å². The van der Waals surface area contributed by atoms with Crippen LogP contribution < -0.4 is 5.32 Å². The van der Waals surface area contributed by atoms with E-state index >= 15 is 0 Å². The van der Waals surface area contributed by atoms with E-state index in [-0.39, 0.29) is 17.9 Å². The van der Waals surface area contributed by atoms with E-state index < -0.39 is 5.97 Å². The van der Waals surface area contributed by atoms with Gasteiger partial charge in [-0.15, -0.1) is 0 Å². The number of ether oxygens (including phenoxy) is 1. The van der Waals surface area contributed by atoms with Crippen molar-refractivity contribution in [3.8, 4) is 0 Å². The molecule has 0 spiro atoms. The quantitative estimate of drug-likeness (QED) is 0.772. The monoisotopic (exact) mass is 388 g/mol. The molecule has 124 valence electrons. The van der Waals surface area contributed by atoms with Crippen LogP contribution in [0, 0.1) is 0 Å². The minimum atomic E-state index is -0.567. The van der Waals surface area contributed by atoms with E-state index in [4.69, 9.17) is 4.74 Å². The summed E-state index contributed by atoms with van der Waals surface area (Å²) in [6.07, 6.45) is 5.09. The van der Waals surface area contributed by atoms with Gasteiger partial charge in [0.15, 0.2) is 6.61 Å². The number of pyridine rings is 1. The molecule has 2 aromatic rings. The minimum Gasteiger partial charge on any atom is -0.452 e. The molecule has 5 nitrogen and oxygen atoms in total. The number of hydrogen-bond acceptors (Lipinski definition) is 4. The summed E-state index contributed by atoms with van der Waals surface area (Å²) >= 11 is 3.24. The maximum absolute atomic E-state index is 11.9. The van der Waals surface area contributed by atoms with Gasteiger partial charge in [0.05, 0.1) is 5.56 Å². The molecule has 0 aliphatic heterocycles. The van der Waals surface area contributed by atoms with Crippen LogP contribution in [0.3, 0.4) is 0 Å². The second-order valence-electron chi connectivity index (χ2n) is 5.89. The van der Waals surface area contributed by atoms with Crippen molar-refractivity contribution in [3.63, 3.8) is 0 Å². The fourth-order valence-electron chi connectivity index (χ4n) is 2.57. The summed E-state index contributed by atoms with van der Waals surface area (Å²) in [5, 5.41) is 2.86. The summed E-state index contributed by atoms with van der Waals surface area (Å²) in [5.74, 6) is -0.864. The summed E-state index contributed by atoms with van der Waals surface area (Å²) in [7, 11) is 0. The molecular weight excluding hydrogens is 372 g/mol. The molecule has 1 saturated carbocycles. The number of carbonyl (C=O) groups excluding carboxylic acids is 2. The summed E-state index contributed by atoms with van der Waals surface area (Å²) < 4.78 is 5.70. The van der Waals surface area contributed by atoms with Crippen LogP contribution >= 0.6 is 15.9 Å². The van der Waals surface area contributed by atoms with Gasteiger partial charge in [-0.05, 0) is 40.4 Å². The Hall–Kier alpha value is -2.21. The van der Waals surface area contributed by atoms with Gasteiger partial charge in [0, 0.05) is 28.8 Å². The highest BCUT2D eigenvalue weighted by atomic mass is 79.9. The second-order valence-corrected chi connectivity index (χ2v) is 6.81. The van der Waals surface area contributed by atoms with E-state index in [1.165, 1.54) is 11.8 Å². The Morgan fingerprint density at radius 1 is 1.21 bits per heavy atom. The zero-order valence-corrected chi connectivity index (χ0v) is 14.6. The lowest BCUT2D eigenvalue weighted by atomic mass is 9.96. The van der Waals surface area contributed by atoms with Crippen molar-refractivity contribution >= 4 is 27.8 Å². The van der Waals surface area contributed by atoms with Crippen molar-refractivity contribution in [1.29, 1.82) is 0 Å². The number of esters is 1. The molecule has 0 radical (unpaired) electrons. The lowest BCUT2D eigenvalue weighted by molar-refractivity contribution is -0.124. The summed E-state index contributed by atoms with van der Waals surface area (Å²) in [6, 6.07) is 11.8. The van der Waals surface area contributed by atoms with Gasteiger partial charge in [-0.25, -0.2) is 4.79 Å². The smallest absolute Gasteiger partial charge is 0.340 e. The van der Waals surface area contributed by atoms with E-state index in [1.807, 2.05) is 18.2 Å². The van der Waals surface area contributed by atoms with Crippen molar-refractivity contribution in [3.05, 3.63) is 64.4 Å². The Labute approximate surface area is 148 Å². The van der Waals surface area contributed by atoms with E-state index in [1.54, 1.807) is 12.3 Å². The molecule has 0 atom stereocenters. The molecule has 1 aliphatic rings. The van der Waals surface area contributed by atoms with Gasteiger partial charge in [-0.2, -0.15) is 0 Å². The van der Waals surface area contributed by atoms with Gasteiger partial charge in [-0.3, -0.25) is 9.78 Å². The highest BCUT2D eigenvalue weighted by molar-refractivity contribution is 9.10. The average Bonchev–Trinajstić information content (AvgIpc) is 3.40.